The van der Waals surface area contributed by atoms with Gasteiger partial charge in [-0.3, -0.25) is 4.98 Å². The van der Waals surface area contributed by atoms with E-state index < -0.39 is 5.97 Å². The molecule has 0 spiro atoms. The molecule has 5 nitrogen and oxygen atoms in total. The summed E-state index contributed by atoms with van der Waals surface area (Å²) in [5, 5.41) is 11.6. The van der Waals surface area contributed by atoms with E-state index in [-0.39, 0.29) is 18.7 Å². The fourth-order valence-electron chi connectivity index (χ4n) is 1.06. The van der Waals surface area contributed by atoms with E-state index in [0.717, 1.165) is 5.56 Å². The van der Waals surface area contributed by atoms with Gasteiger partial charge in [0.15, 0.2) is 5.71 Å². The summed E-state index contributed by atoms with van der Waals surface area (Å²) in [6, 6.07) is 3.48. The zero-order chi connectivity index (χ0) is 11.1. The highest BCUT2D eigenvalue weighted by Crippen LogP contribution is 2.00. The third-order valence-electron chi connectivity index (χ3n) is 1.75. The molecule has 1 rings (SSSR count). The van der Waals surface area contributed by atoms with Crippen LogP contribution in [0.5, 0.6) is 0 Å². The number of carbonyl (C=O) groups is 1. The van der Waals surface area contributed by atoms with E-state index in [2.05, 4.69) is 10.1 Å². The fraction of sp³-hybridized carbons (Fsp3) is 0.300. The van der Waals surface area contributed by atoms with Crippen LogP contribution in [-0.4, -0.2) is 28.5 Å². The third kappa shape index (κ3) is 3.38. The van der Waals surface area contributed by atoms with Crippen LogP contribution in [0.3, 0.4) is 0 Å². The lowest BCUT2D eigenvalue weighted by Crippen LogP contribution is -2.20. The molecule has 0 aromatic carbocycles. The van der Waals surface area contributed by atoms with Crippen LogP contribution in [0.2, 0.25) is 0 Å². The topological polar surface area (TPSA) is 71.8 Å². The predicted molar refractivity (Wildman–Crippen MR) is 53.8 cm³/mol. The highest BCUT2D eigenvalue weighted by molar-refractivity contribution is 6.36. The molecule has 0 saturated heterocycles. The Kier molecular flexibility index (Phi) is 4.28. The number of oxime groups is 1. The molecule has 0 bridgehead atoms. The van der Waals surface area contributed by atoms with Gasteiger partial charge in [-0.1, -0.05) is 5.16 Å². The molecule has 0 aliphatic heterocycles. The lowest BCUT2D eigenvalue weighted by Gasteiger charge is -2.03. The zero-order valence-electron chi connectivity index (χ0n) is 8.38. The van der Waals surface area contributed by atoms with Gasteiger partial charge in [-0.15, -0.1) is 0 Å². The standard InChI is InChI=1S/C10H12N2O3/c1-2-15-10(13)9(12-14)7-8-3-5-11-6-4-8/h3-6,14H,2,7H2,1H3/b12-9-. The first-order chi connectivity index (χ1) is 7.27. The predicted octanol–water partition coefficient (Wildman–Crippen LogP) is 1.02. The monoisotopic (exact) mass is 208 g/mol. The van der Waals surface area contributed by atoms with E-state index in [1.807, 2.05) is 0 Å². The largest absolute Gasteiger partial charge is 0.461 e. The normalized spacial score (nSPS) is 11.1. The van der Waals surface area contributed by atoms with Gasteiger partial charge in [-0.25, -0.2) is 4.79 Å². The van der Waals surface area contributed by atoms with E-state index in [0.29, 0.717) is 0 Å². The summed E-state index contributed by atoms with van der Waals surface area (Å²) < 4.78 is 4.72. The quantitative estimate of drug-likeness (QED) is 0.347. The smallest absolute Gasteiger partial charge is 0.356 e. The van der Waals surface area contributed by atoms with E-state index in [4.69, 9.17) is 9.94 Å². The van der Waals surface area contributed by atoms with Gasteiger partial charge < -0.3 is 9.94 Å². The van der Waals surface area contributed by atoms with Crippen molar-refractivity contribution in [2.75, 3.05) is 6.61 Å². The van der Waals surface area contributed by atoms with Crippen LogP contribution in [0.25, 0.3) is 0 Å². The summed E-state index contributed by atoms with van der Waals surface area (Å²) in [6.45, 7) is 1.95. The molecule has 5 heteroatoms. The first-order valence-corrected chi connectivity index (χ1v) is 4.55. The Balaban J connectivity index is 2.67. The number of nitrogens with zero attached hydrogens (tertiary/aromatic N) is 2. The lowest BCUT2D eigenvalue weighted by molar-refractivity contribution is -0.135. The van der Waals surface area contributed by atoms with Crippen molar-refractivity contribution in [3.63, 3.8) is 0 Å². The van der Waals surface area contributed by atoms with Crippen LogP contribution < -0.4 is 0 Å². The maximum atomic E-state index is 11.3. The molecule has 0 saturated carbocycles. The summed E-state index contributed by atoms with van der Waals surface area (Å²) in [4.78, 5) is 15.1. The van der Waals surface area contributed by atoms with E-state index in [1.165, 1.54) is 0 Å². The number of rotatable bonds is 4. The molecule has 0 aliphatic rings. The molecule has 0 fully saturated rings. The van der Waals surface area contributed by atoms with Crippen LogP contribution in [0.4, 0.5) is 0 Å². The zero-order valence-corrected chi connectivity index (χ0v) is 8.38. The molecular weight excluding hydrogens is 196 g/mol. The van der Waals surface area contributed by atoms with Crippen molar-refractivity contribution in [3.8, 4) is 0 Å². The Bertz CT molecular complexity index is 349. The van der Waals surface area contributed by atoms with Gasteiger partial charge in [0.25, 0.3) is 0 Å². The molecule has 0 aliphatic carbocycles. The number of pyridine rings is 1. The number of carbonyl (C=O) groups excluding carboxylic acids is 1. The van der Waals surface area contributed by atoms with Gasteiger partial charge >= 0.3 is 5.97 Å². The molecule has 0 unspecified atom stereocenters. The van der Waals surface area contributed by atoms with Crippen molar-refractivity contribution in [1.82, 2.24) is 4.98 Å². The second-order valence-corrected chi connectivity index (χ2v) is 2.80. The maximum absolute atomic E-state index is 11.3. The minimum absolute atomic E-state index is 0.0111. The van der Waals surface area contributed by atoms with Gasteiger partial charge in [-0.2, -0.15) is 0 Å². The second-order valence-electron chi connectivity index (χ2n) is 2.80. The van der Waals surface area contributed by atoms with Gasteiger partial charge in [0.1, 0.15) is 0 Å². The summed E-state index contributed by atoms with van der Waals surface area (Å²) in [6.07, 6.45) is 3.45. The molecule has 0 amide bonds. The first-order valence-electron chi connectivity index (χ1n) is 4.55. The average molecular weight is 208 g/mol. The first kappa shape index (κ1) is 11.2. The summed E-state index contributed by atoms with van der Waals surface area (Å²) in [5.74, 6) is -0.600. The Morgan fingerprint density at radius 3 is 2.73 bits per heavy atom. The summed E-state index contributed by atoms with van der Waals surface area (Å²) in [7, 11) is 0. The Morgan fingerprint density at radius 2 is 2.20 bits per heavy atom. The SMILES string of the molecule is CCOC(=O)/C(Cc1ccncc1)=N\O. The van der Waals surface area contributed by atoms with Gasteiger partial charge in [-0.05, 0) is 24.6 Å². The second kappa shape index (κ2) is 5.74. The molecule has 80 valence electrons. The van der Waals surface area contributed by atoms with Crippen molar-refractivity contribution in [1.29, 1.82) is 0 Å². The maximum Gasteiger partial charge on any atom is 0.356 e. The van der Waals surface area contributed by atoms with Crippen LogP contribution in [-0.2, 0) is 16.0 Å². The molecular formula is C10H12N2O3. The van der Waals surface area contributed by atoms with Crippen molar-refractivity contribution in [2.24, 2.45) is 5.16 Å². The van der Waals surface area contributed by atoms with Gasteiger partial charge in [0, 0.05) is 18.8 Å². The molecule has 1 aromatic heterocycles. The molecule has 0 radical (unpaired) electrons. The Labute approximate surface area is 87.4 Å². The van der Waals surface area contributed by atoms with E-state index >= 15 is 0 Å². The van der Waals surface area contributed by atoms with Crippen LogP contribution in [0.15, 0.2) is 29.7 Å². The highest BCUT2D eigenvalue weighted by atomic mass is 16.5. The van der Waals surface area contributed by atoms with Crippen molar-refractivity contribution >= 4 is 11.7 Å². The van der Waals surface area contributed by atoms with E-state index in [9.17, 15) is 4.79 Å². The minimum atomic E-state index is -0.600. The number of aromatic nitrogens is 1. The summed E-state index contributed by atoms with van der Waals surface area (Å²) in [5.41, 5.74) is 0.828. The molecule has 1 aromatic rings. The number of esters is 1. The van der Waals surface area contributed by atoms with Crippen molar-refractivity contribution < 1.29 is 14.7 Å². The molecule has 15 heavy (non-hydrogen) atoms. The van der Waals surface area contributed by atoms with Gasteiger partial charge in [0.2, 0.25) is 0 Å². The van der Waals surface area contributed by atoms with Crippen LogP contribution >= 0.6 is 0 Å². The number of hydrogen-bond donors (Lipinski definition) is 1. The molecule has 1 heterocycles. The summed E-state index contributed by atoms with van der Waals surface area (Å²) >= 11 is 0. The Hall–Kier alpha value is -1.91. The van der Waals surface area contributed by atoms with Gasteiger partial charge in [0.05, 0.1) is 6.61 Å². The fourth-order valence-corrected chi connectivity index (χ4v) is 1.06. The lowest BCUT2D eigenvalue weighted by atomic mass is 10.1. The van der Waals surface area contributed by atoms with Crippen molar-refractivity contribution in [2.45, 2.75) is 13.3 Å². The molecule has 1 N–H and O–H groups in total. The minimum Gasteiger partial charge on any atom is -0.461 e. The molecule has 0 atom stereocenters. The number of ether oxygens (including phenoxy) is 1. The van der Waals surface area contributed by atoms with Crippen LogP contribution in [0, 0.1) is 0 Å². The Morgan fingerprint density at radius 1 is 1.53 bits per heavy atom. The highest BCUT2D eigenvalue weighted by Gasteiger charge is 2.13. The third-order valence-corrected chi connectivity index (χ3v) is 1.75. The van der Waals surface area contributed by atoms with E-state index in [1.54, 1.807) is 31.5 Å². The van der Waals surface area contributed by atoms with Crippen molar-refractivity contribution in [3.05, 3.63) is 30.1 Å². The van der Waals surface area contributed by atoms with Crippen LogP contribution in [0.1, 0.15) is 12.5 Å². The number of hydrogen-bond acceptors (Lipinski definition) is 5. The average Bonchev–Trinajstić information content (AvgIpc) is 2.27.